The summed E-state index contributed by atoms with van der Waals surface area (Å²) in [4.78, 5) is 21.2. The molecule has 0 radical (unpaired) electrons. The Labute approximate surface area is 153 Å². The molecule has 1 aromatic carbocycles. The third-order valence-corrected chi connectivity index (χ3v) is 4.39. The van der Waals surface area contributed by atoms with Crippen molar-refractivity contribution in [2.24, 2.45) is 0 Å². The maximum absolute atomic E-state index is 12.4. The van der Waals surface area contributed by atoms with Crippen LogP contribution in [0.25, 0.3) is 0 Å². The Morgan fingerprint density at radius 2 is 2.00 bits per heavy atom. The summed E-state index contributed by atoms with van der Waals surface area (Å²) in [5.41, 5.74) is 9.25. The predicted octanol–water partition coefficient (Wildman–Crippen LogP) is 1.37. The van der Waals surface area contributed by atoms with Crippen LogP contribution in [0.15, 0.2) is 30.3 Å². The van der Waals surface area contributed by atoms with Crippen molar-refractivity contribution in [1.29, 1.82) is 0 Å². The van der Waals surface area contributed by atoms with E-state index in [1.54, 1.807) is 7.11 Å². The number of hydrazine groups is 1. The molecule has 1 amide bonds. The number of ether oxygens (including phenoxy) is 1. The van der Waals surface area contributed by atoms with Crippen molar-refractivity contribution in [3.8, 4) is 5.75 Å². The van der Waals surface area contributed by atoms with Crippen LogP contribution in [-0.2, 0) is 11.2 Å². The number of hydrogen-bond acceptors (Lipinski definition) is 6. The summed E-state index contributed by atoms with van der Waals surface area (Å²) in [5, 5.41) is 2.96. The molecule has 1 fully saturated rings. The van der Waals surface area contributed by atoms with Gasteiger partial charge in [0.2, 0.25) is 5.91 Å². The van der Waals surface area contributed by atoms with Gasteiger partial charge in [0, 0.05) is 30.4 Å². The van der Waals surface area contributed by atoms with Crippen LogP contribution in [0.4, 0.5) is 0 Å². The third-order valence-electron chi connectivity index (χ3n) is 4.39. The molecule has 2 aromatic rings. The second kappa shape index (κ2) is 8.25. The van der Waals surface area contributed by atoms with E-state index in [9.17, 15) is 4.79 Å². The summed E-state index contributed by atoms with van der Waals surface area (Å²) >= 11 is 0. The van der Waals surface area contributed by atoms with Crippen LogP contribution < -0.4 is 20.9 Å². The van der Waals surface area contributed by atoms with Gasteiger partial charge >= 0.3 is 0 Å². The van der Waals surface area contributed by atoms with Crippen molar-refractivity contribution in [3.63, 3.8) is 0 Å². The number of carbonyl (C=O) groups is 1. The normalized spacial score (nSPS) is 19.3. The van der Waals surface area contributed by atoms with Gasteiger partial charge < -0.3 is 10.1 Å². The minimum absolute atomic E-state index is 0.0210. The van der Waals surface area contributed by atoms with E-state index in [1.807, 2.05) is 44.2 Å². The van der Waals surface area contributed by atoms with Gasteiger partial charge in [0.15, 0.2) is 0 Å². The lowest BCUT2D eigenvalue weighted by molar-refractivity contribution is -0.122. The third kappa shape index (κ3) is 4.56. The molecule has 3 rings (SSSR count). The number of rotatable bonds is 6. The van der Waals surface area contributed by atoms with Gasteiger partial charge in [-0.25, -0.2) is 20.8 Å². The lowest BCUT2D eigenvalue weighted by atomic mass is 10.0. The molecular formula is C19H25N5O2. The monoisotopic (exact) mass is 355 g/mol. The van der Waals surface area contributed by atoms with Crippen molar-refractivity contribution in [1.82, 2.24) is 26.1 Å². The van der Waals surface area contributed by atoms with Gasteiger partial charge in [0.05, 0.1) is 7.11 Å². The first-order valence-electron chi connectivity index (χ1n) is 8.79. The number of hydrogen-bond donors (Lipinski definition) is 3. The predicted molar refractivity (Wildman–Crippen MR) is 98.6 cm³/mol. The summed E-state index contributed by atoms with van der Waals surface area (Å²) in [7, 11) is 1.65. The lowest BCUT2D eigenvalue weighted by Gasteiger charge is -2.11. The molecule has 0 aliphatic carbocycles. The molecule has 2 atom stereocenters. The Balaban J connectivity index is 1.49. The Kier molecular flexibility index (Phi) is 5.80. The summed E-state index contributed by atoms with van der Waals surface area (Å²) in [6, 6.07) is 9.61. The number of amides is 1. The highest BCUT2D eigenvalue weighted by Gasteiger charge is 2.30. The summed E-state index contributed by atoms with van der Waals surface area (Å²) < 4.78 is 5.26. The Bertz CT molecular complexity index is 760. The van der Waals surface area contributed by atoms with E-state index in [0.29, 0.717) is 19.4 Å². The van der Waals surface area contributed by atoms with E-state index in [0.717, 1.165) is 28.5 Å². The van der Waals surface area contributed by atoms with Crippen molar-refractivity contribution in [2.45, 2.75) is 38.8 Å². The molecule has 138 valence electrons. The number of nitrogens with one attached hydrogen (secondary N) is 3. The zero-order valence-corrected chi connectivity index (χ0v) is 15.4. The molecule has 7 heteroatoms. The molecule has 26 heavy (non-hydrogen) atoms. The zero-order valence-electron chi connectivity index (χ0n) is 15.4. The lowest BCUT2D eigenvalue weighted by Crippen LogP contribution is -2.43. The van der Waals surface area contributed by atoms with Crippen LogP contribution in [0, 0.1) is 13.8 Å². The minimum Gasteiger partial charge on any atom is -0.497 e. The summed E-state index contributed by atoms with van der Waals surface area (Å²) in [6.07, 6.45) is 1.30. The fraction of sp³-hybridized carbons (Fsp3) is 0.421. The second-order valence-corrected chi connectivity index (χ2v) is 6.51. The molecule has 0 spiro atoms. The molecule has 1 aliphatic heterocycles. The first kappa shape index (κ1) is 18.3. The van der Waals surface area contributed by atoms with Gasteiger partial charge in [-0.2, -0.15) is 0 Å². The highest BCUT2D eigenvalue weighted by atomic mass is 16.5. The molecule has 1 aliphatic rings. The Morgan fingerprint density at radius 3 is 2.73 bits per heavy atom. The molecule has 0 saturated carbocycles. The largest absolute Gasteiger partial charge is 0.497 e. The molecule has 2 heterocycles. The second-order valence-electron chi connectivity index (χ2n) is 6.51. The van der Waals surface area contributed by atoms with E-state index < -0.39 is 0 Å². The van der Waals surface area contributed by atoms with Crippen molar-refractivity contribution >= 4 is 5.91 Å². The quantitative estimate of drug-likeness (QED) is 0.725. The van der Waals surface area contributed by atoms with Crippen molar-refractivity contribution < 1.29 is 9.53 Å². The van der Waals surface area contributed by atoms with Crippen LogP contribution in [0.3, 0.4) is 0 Å². The maximum atomic E-state index is 12.4. The van der Waals surface area contributed by atoms with E-state index in [2.05, 4.69) is 26.1 Å². The highest BCUT2D eigenvalue weighted by molar-refractivity contribution is 5.82. The van der Waals surface area contributed by atoms with Crippen LogP contribution >= 0.6 is 0 Å². The van der Waals surface area contributed by atoms with Crippen LogP contribution in [0.1, 0.15) is 35.2 Å². The topological polar surface area (TPSA) is 88.2 Å². The van der Waals surface area contributed by atoms with Gasteiger partial charge in [0.1, 0.15) is 17.6 Å². The van der Waals surface area contributed by atoms with Gasteiger partial charge in [-0.05, 0) is 44.0 Å². The first-order chi connectivity index (χ1) is 12.5. The number of aromatic nitrogens is 2. The highest BCUT2D eigenvalue weighted by Crippen LogP contribution is 2.25. The summed E-state index contributed by atoms with van der Waals surface area (Å²) in [5.74, 6) is 1.55. The molecule has 3 N–H and O–H groups in total. The standard InChI is InChI=1S/C19H25N5O2/c1-12-9-13(2)22-18(21-12)7-8-20-19(25)17-11-16(23-24-17)14-5-4-6-15(10-14)26-3/h4-6,9-10,16-17,23-24H,7-8,11H2,1-3H3,(H,20,25). The summed E-state index contributed by atoms with van der Waals surface area (Å²) in [6.45, 7) is 4.41. The molecule has 7 nitrogen and oxygen atoms in total. The number of nitrogens with zero attached hydrogens (tertiary/aromatic N) is 2. The van der Waals surface area contributed by atoms with E-state index >= 15 is 0 Å². The van der Waals surface area contributed by atoms with Gasteiger partial charge in [0.25, 0.3) is 0 Å². The van der Waals surface area contributed by atoms with Crippen LogP contribution in [0.5, 0.6) is 5.75 Å². The number of benzene rings is 1. The van der Waals surface area contributed by atoms with E-state index in [1.165, 1.54) is 0 Å². The van der Waals surface area contributed by atoms with Crippen molar-refractivity contribution in [3.05, 3.63) is 53.1 Å². The molecular weight excluding hydrogens is 330 g/mol. The number of carbonyl (C=O) groups excluding carboxylic acids is 1. The van der Waals surface area contributed by atoms with Gasteiger partial charge in [-0.15, -0.1) is 0 Å². The Morgan fingerprint density at radius 1 is 1.23 bits per heavy atom. The number of aryl methyl sites for hydroxylation is 2. The van der Waals surface area contributed by atoms with Gasteiger partial charge in [-0.3, -0.25) is 4.79 Å². The minimum atomic E-state index is -0.272. The van der Waals surface area contributed by atoms with E-state index in [-0.39, 0.29) is 18.0 Å². The van der Waals surface area contributed by atoms with Crippen LogP contribution in [-0.4, -0.2) is 35.6 Å². The Hall–Kier alpha value is -2.51. The maximum Gasteiger partial charge on any atom is 0.238 e. The zero-order chi connectivity index (χ0) is 18.5. The molecule has 0 bridgehead atoms. The average molecular weight is 355 g/mol. The molecule has 2 unspecified atom stereocenters. The van der Waals surface area contributed by atoms with Crippen LogP contribution in [0.2, 0.25) is 0 Å². The fourth-order valence-corrected chi connectivity index (χ4v) is 3.14. The molecule has 1 saturated heterocycles. The fourth-order valence-electron chi connectivity index (χ4n) is 3.14. The first-order valence-corrected chi connectivity index (χ1v) is 8.79. The van der Waals surface area contributed by atoms with Gasteiger partial charge in [-0.1, -0.05) is 12.1 Å². The molecule has 1 aromatic heterocycles. The average Bonchev–Trinajstić information content (AvgIpc) is 3.11. The van der Waals surface area contributed by atoms with E-state index in [4.69, 9.17) is 4.74 Å². The SMILES string of the molecule is COc1cccc(C2CC(C(=O)NCCc3nc(C)cc(C)n3)NN2)c1. The smallest absolute Gasteiger partial charge is 0.238 e. The van der Waals surface area contributed by atoms with Crippen molar-refractivity contribution in [2.75, 3.05) is 13.7 Å². The number of methoxy groups -OCH3 is 1.